The number of nitrogens with zero attached hydrogens (tertiary/aromatic N) is 3. The molecule has 1 fully saturated rings. The maximum absolute atomic E-state index is 13.8. The number of carbonyl (C=O) groups excluding carboxylic acids is 2. The highest BCUT2D eigenvalue weighted by atomic mass is 19.1. The largest absolute Gasteiger partial charge is 0.444 e. The normalized spacial score (nSPS) is 18.2. The average molecular weight is 456 g/mol. The predicted molar refractivity (Wildman–Crippen MR) is 120 cm³/mol. The van der Waals surface area contributed by atoms with E-state index in [4.69, 9.17) is 9.73 Å². The summed E-state index contributed by atoms with van der Waals surface area (Å²) >= 11 is 0. The number of carbonyl (C=O) groups is 2. The summed E-state index contributed by atoms with van der Waals surface area (Å²) < 4.78 is 32.6. The van der Waals surface area contributed by atoms with E-state index in [1.54, 1.807) is 16.7 Å². The zero-order valence-corrected chi connectivity index (χ0v) is 19.1. The maximum atomic E-state index is 13.8. The summed E-state index contributed by atoms with van der Waals surface area (Å²) in [5.41, 5.74) is -0.974. The number of aliphatic imine (C=N–C) groups is 1. The van der Waals surface area contributed by atoms with E-state index in [0.717, 1.165) is 0 Å². The first kappa shape index (κ1) is 22.9. The molecule has 0 bridgehead atoms. The fraction of sp³-hybridized carbons (Fsp3) is 0.400. The van der Waals surface area contributed by atoms with Crippen molar-refractivity contribution in [3.8, 4) is 0 Å². The molecule has 2 aliphatic rings. The lowest BCUT2D eigenvalue weighted by molar-refractivity contribution is -0.131. The lowest BCUT2D eigenvalue weighted by Gasteiger charge is -2.41. The Hall–Kier alpha value is -3.29. The van der Waals surface area contributed by atoms with E-state index in [0.29, 0.717) is 36.6 Å². The number of likely N-dealkylation sites (tertiary alicyclic amines) is 1. The first-order valence-electron chi connectivity index (χ1n) is 10.9. The Bertz CT molecular complexity index is 1040. The second-order valence-electron chi connectivity index (χ2n) is 9.55. The molecule has 174 valence electrons. The van der Waals surface area contributed by atoms with E-state index in [1.807, 2.05) is 20.8 Å². The van der Waals surface area contributed by atoms with Crippen molar-refractivity contribution in [3.05, 3.63) is 71.3 Å². The fourth-order valence-corrected chi connectivity index (χ4v) is 4.25. The van der Waals surface area contributed by atoms with Crippen molar-refractivity contribution >= 4 is 17.8 Å². The standard InChI is InChI=1S/C25H27F2N3O3/c1-16-28-25(18-5-9-20(26)10-6-18,19-7-11-21(27)12-8-19)22(31)30(16)15-17-13-29(14-17)23(32)33-24(2,3)4/h5-12,17H,13-15H2,1-4H3. The molecule has 4 rings (SSSR count). The second-order valence-corrected chi connectivity index (χ2v) is 9.55. The molecule has 0 spiro atoms. The van der Waals surface area contributed by atoms with Crippen LogP contribution in [0.1, 0.15) is 38.8 Å². The van der Waals surface area contributed by atoms with E-state index in [9.17, 15) is 18.4 Å². The number of ether oxygens (including phenoxy) is 1. The van der Waals surface area contributed by atoms with Crippen LogP contribution in [0.15, 0.2) is 53.5 Å². The highest BCUT2D eigenvalue weighted by Gasteiger charge is 2.51. The molecule has 8 heteroatoms. The Labute approximate surface area is 191 Å². The molecule has 0 aliphatic carbocycles. The van der Waals surface area contributed by atoms with Crippen molar-refractivity contribution in [1.29, 1.82) is 0 Å². The van der Waals surface area contributed by atoms with Crippen LogP contribution < -0.4 is 0 Å². The lowest BCUT2D eigenvalue weighted by Crippen LogP contribution is -2.56. The van der Waals surface area contributed by atoms with Crippen LogP contribution in [0.2, 0.25) is 0 Å². The fourth-order valence-electron chi connectivity index (χ4n) is 4.25. The summed E-state index contributed by atoms with van der Waals surface area (Å²) in [5.74, 6) is -0.539. The summed E-state index contributed by atoms with van der Waals surface area (Å²) in [5, 5.41) is 0. The van der Waals surface area contributed by atoms with Gasteiger partial charge in [-0.05, 0) is 63.1 Å². The van der Waals surface area contributed by atoms with Gasteiger partial charge < -0.3 is 9.64 Å². The molecule has 2 aliphatic heterocycles. The molecule has 2 amide bonds. The van der Waals surface area contributed by atoms with Crippen molar-refractivity contribution in [1.82, 2.24) is 9.80 Å². The molecular weight excluding hydrogens is 428 g/mol. The topological polar surface area (TPSA) is 62.2 Å². The van der Waals surface area contributed by atoms with E-state index in [2.05, 4.69) is 0 Å². The van der Waals surface area contributed by atoms with Gasteiger partial charge in [-0.15, -0.1) is 0 Å². The zero-order chi connectivity index (χ0) is 24.0. The van der Waals surface area contributed by atoms with Crippen LogP contribution in [0.25, 0.3) is 0 Å². The van der Waals surface area contributed by atoms with Crippen LogP contribution in [0.3, 0.4) is 0 Å². The van der Waals surface area contributed by atoms with Crippen LogP contribution in [-0.4, -0.2) is 52.9 Å². The van der Waals surface area contributed by atoms with E-state index < -0.39 is 22.8 Å². The van der Waals surface area contributed by atoms with Gasteiger partial charge in [-0.3, -0.25) is 9.69 Å². The molecule has 2 heterocycles. The van der Waals surface area contributed by atoms with Gasteiger partial charge in [0.1, 0.15) is 23.1 Å². The molecule has 6 nitrogen and oxygen atoms in total. The third-order valence-corrected chi connectivity index (χ3v) is 5.85. The molecule has 0 aromatic heterocycles. The minimum absolute atomic E-state index is 0.0730. The Balaban J connectivity index is 1.57. The Morgan fingerprint density at radius 2 is 1.52 bits per heavy atom. The quantitative estimate of drug-likeness (QED) is 0.689. The van der Waals surface area contributed by atoms with E-state index in [1.165, 1.54) is 48.5 Å². The van der Waals surface area contributed by atoms with Crippen molar-refractivity contribution in [3.63, 3.8) is 0 Å². The molecule has 1 saturated heterocycles. The van der Waals surface area contributed by atoms with Gasteiger partial charge in [-0.1, -0.05) is 24.3 Å². The predicted octanol–water partition coefficient (Wildman–Crippen LogP) is 4.34. The van der Waals surface area contributed by atoms with Gasteiger partial charge in [-0.25, -0.2) is 18.6 Å². The van der Waals surface area contributed by atoms with Gasteiger partial charge in [0.05, 0.1) is 0 Å². The van der Waals surface area contributed by atoms with Crippen LogP contribution in [0, 0.1) is 17.6 Å². The van der Waals surface area contributed by atoms with Crippen LogP contribution in [0.4, 0.5) is 13.6 Å². The molecule has 0 radical (unpaired) electrons. The summed E-state index contributed by atoms with van der Waals surface area (Å²) in [6.07, 6.45) is -0.371. The van der Waals surface area contributed by atoms with Crippen molar-refractivity contribution in [2.24, 2.45) is 10.9 Å². The van der Waals surface area contributed by atoms with E-state index >= 15 is 0 Å². The molecule has 33 heavy (non-hydrogen) atoms. The van der Waals surface area contributed by atoms with Crippen LogP contribution in [-0.2, 0) is 15.1 Å². The minimum atomic E-state index is -1.42. The van der Waals surface area contributed by atoms with Gasteiger partial charge in [0.2, 0.25) is 0 Å². The van der Waals surface area contributed by atoms with Crippen LogP contribution >= 0.6 is 0 Å². The minimum Gasteiger partial charge on any atom is -0.444 e. The van der Waals surface area contributed by atoms with Crippen molar-refractivity contribution < 1.29 is 23.1 Å². The average Bonchev–Trinajstić information content (AvgIpc) is 2.95. The molecule has 2 aromatic carbocycles. The number of hydrogen-bond acceptors (Lipinski definition) is 4. The SMILES string of the molecule is CC1=NC(c2ccc(F)cc2)(c2ccc(F)cc2)C(=O)N1CC1CN(C(=O)OC(C)(C)C)C1. The van der Waals surface area contributed by atoms with Crippen LogP contribution in [0.5, 0.6) is 0 Å². The summed E-state index contributed by atoms with van der Waals surface area (Å²) in [6.45, 7) is 8.53. The van der Waals surface area contributed by atoms with Gasteiger partial charge in [0.25, 0.3) is 5.91 Å². The number of hydrogen-bond donors (Lipinski definition) is 0. The van der Waals surface area contributed by atoms with Crippen molar-refractivity contribution in [2.75, 3.05) is 19.6 Å². The number of benzene rings is 2. The van der Waals surface area contributed by atoms with Gasteiger partial charge in [0.15, 0.2) is 5.54 Å². The summed E-state index contributed by atoms with van der Waals surface area (Å²) in [7, 11) is 0. The second kappa shape index (κ2) is 8.24. The Morgan fingerprint density at radius 3 is 1.97 bits per heavy atom. The number of rotatable bonds is 4. The van der Waals surface area contributed by atoms with Gasteiger partial charge in [-0.2, -0.15) is 0 Å². The Kier molecular flexibility index (Phi) is 5.72. The number of amidine groups is 1. The number of halogens is 2. The molecule has 0 unspecified atom stereocenters. The molecule has 0 atom stereocenters. The maximum Gasteiger partial charge on any atom is 0.410 e. The smallest absolute Gasteiger partial charge is 0.410 e. The molecule has 2 aromatic rings. The third kappa shape index (κ3) is 4.34. The first-order chi connectivity index (χ1) is 15.5. The molecule has 0 N–H and O–H groups in total. The molecule has 0 saturated carbocycles. The zero-order valence-electron chi connectivity index (χ0n) is 19.1. The highest BCUT2D eigenvalue weighted by molar-refractivity contribution is 6.09. The monoisotopic (exact) mass is 455 g/mol. The van der Waals surface area contributed by atoms with Crippen molar-refractivity contribution in [2.45, 2.75) is 38.8 Å². The lowest BCUT2D eigenvalue weighted by atomic mass is 9.82. The third-order valence-electron chi connectivity index (χ3n) is 5.85. The highest BCUT2D eigenvalue weighted by Crippen LogP contribution is 2.41. The summed E-state index contributed by atoms with van der Waals surface area (Å²) in [4.78, 5) is 34.0. The first-order valence-corrected chi connectivity index (χ1v) is 10.9. The Morgan fingerprint density at radius 1 is 1.03 bits per heavy atom. The van der Waals surface area contributed by atoms with Gasteiger partial charge in [0, 0.05) is 25.6 Å². The number of amides is 2. The van der Waals surface area contributed by atoms with Gasteiger partial charge >= 0.3 is 6.09 Å². The van der Waals surface area contributed by atoms with E-state index in [-0.39, 0.29) is 17.9 Å². The summed E-state index contributed by atoms with van der Waals surface area (Å²) in [6, 6.07) is 11.3. The molecular formula is C25H27F2N3O3.